The first-order chi connectivity index (χ1) is 16.5. The maximum Gasteiger partial charge on any atom is 0.345 e. The van der Waals surface area contributed by atoms with E-state index in [2.05, 4.69) is 49.4 Å². The second kappa shape index (κ2) is 15.5. The fourth-order valence-electron chi connectivity index (χ4n) is 4.35. The van der Waals surface area contributed by atoms with Gasteiger partial charge in [-0.05, 0) is 62.1 Å². The number of amides is 1. The summed E-state index contributed by atoms with van der Waals surface area (Å²) in [5.74, 6) is 0.0347. The first-order valence-electron chi connectivity index (χ1n) is 12.3. The third-order valence-electron chi connectivity index (χ3n) is 6.22. The molecule has 34 heavy (non-hydrogen) atoms. The van der Waals surface area contributed by atoms with Crippen molar-refractivity contribution in [2.45, 2.75) is 70.8 Å². The number of thiophene rings is 1. The monoisotopic (exact) mass is 485 g/mol. The number of carbonyl (C=O) groups is 2. The average molecular weight is 486 g/mol. The van der Waals surface area contributed by atoms with Crippen LogP contribution in [0, 0.1) is 5.92 Å². The molecule has 1 aliphatic rings. The number of aryl methyl sites for hydroxylation is 2. The van der Waals surface area contributed by atoms with E-state index in [1.807, 2.05) is 11.0 Å². The predicted molar refractivity (Wildman–Crippen MR) is 139 cm³/mol. The molecule has 1 aromatic carbocycles. The van der Waals surface area contributed by atoms with E-state index in [-0.39, 0.29) is 11.9 Å². The van der Waals surface area contributed by atoms with Gasteiger partial charge in [-0.2, -0.15) is 0 Å². The molecule has 2 atom stereocenters. The Labute approximate surface area is 208 Å². The first kappa shape index (κ1) is 27.8. The maximum absolute atomic E-state index is 12.3. The number of rotatable bonds is 13. The molecule has 0 aliphatic carbocycles. The number of aliphatic hydroxyl groups excluding tert-OH is 1. The van der Waals surface area contributed by atoms with Crippen molar-refractivity contribution in [1.82, 2.24) is 4.90 Å². The standard InChI is InChI=1S/C27H35NO3S.CH4O/c1-21(9-5-6-13-22-11-3-2-4-12-22)10-7-14-23-16-19-26(29)28(23)20-8-15-24-17-18-25(32-24)27(30)31;1-2/h2-4,7,11-12,14,17-18,21,23H,5-6,8-10,13,15-16,19-20H2,1H3,(H,30,31);2H,1H3/b14-7+;. The van der Waals surface area contributed by atoms with E-state index in [1.54, 1.807) is 6.07 Å². The van der Waals surface area contributed by atoms with Crippen LogP contribution in [0.25, 0.3) is 0 Å². The summed E-state index contributed by atoms with van der Waals surface area (Å²) >= 11 is 1.33. The highest BCUT2D eigenvalue weighted by molar-refractivity contribution is 7.13. The van der Waals surface area contributed by atoms with Crippen LogP contribution >= 0.6 is 11.3 Å². The SMILES string of the molecule is CC(C/C=C/C1CCC(=O)N1CCCc1ccc(C(=O)O)s1)CCCCc1ccccc1.CO. The van der Waals surface area contributed by atoms with Gasteiger partial charge in [0.25, 0.3) is 0 Å². The number of likely N-dealkylation sites (tertiary alicyclic amines) is 1. The smallest absolute Gasteiger partial charge is 0.345 e. The number of allylic oxidation sites excluding steroid dienone is 1. The lowest BCUT2D eigenvalue weighted by molar-refractivity contribution is -0.128. The molecule has 0 bridgehead atoms. The molecule has 1 fully saturated rings. The number of benzene rings is 1. The highest BCUT2D eigenvalue weighted by Crippen LogP contribution is 2.23. The zero-order chi connectivity index (χ0) is 24.8. The van der Waals surface area contributed by atoms with Crippen molar-refractivity contribution in [3.8, 4) is 0 Å². The van der Waals surface area contributed by atoms with Crippen LogP contribution in [0.1, 0.15) is 72.0 Å². The van der Waals surface area contributed by atoms with Crippen molar-refractivity contribution in [3.63, 3.8) is 0 Å². The second-order valence-corrected chi connectivity index (χ2v) is 10.0. The van der Waals surface area contributed by atoms with E-state index in [9.17, 15) is 9.59 Å². The Kier molecular flexibility index (Phi) is 12.6. The van der Waals surface area contributed by atoms with E-state index in [0.29, 0.717) is 17.2 Å². The first-order valence-corrected chi connectivity index (χ1v) is 13.1. The van der Waals surface area contributed by atoms with Crippen LogP contribution in [-0.4, -0.2) is 46.7 Å². The molecule has 5 nitrogen and oxygen atoms in total. The highest BCUT2D eigenvalue weighted by atomic mass is 32.1. The molecule has 1 aliphatic heterocycles. The number of unbranched alkanes of at least 4 members (excludes halogenated alkanes) is 1. The molecule has 1 amide bonds. The van der Waals surface area contributed by atoms with E-state index in [4.69, 9.17) is 10.2 Å². The van der Waals surface area contributed by atoms with Gasteiger partial charge in [0.15, 0.2) is 0 Å². The van der Waals surface area contributed by atoms with E-state index in [1.165, 1.54) is 36.2 Å². The molecule has 1 aromatic heterocycles. The number of nitrogens with zero attached hydrogens (tertiary/aromatic N) is 1. The summed E-state index contributed by atoms with van der Waals surface area (Å²) in [5.41, 5.74) is 1.42. The Morgan fingerprint density at radius 2 is 1.88 bits per heavy atom. The predicted octanol–water partition coefficient (Wildman–Crippen LogP) is 5.97. The van der Waals surface area contributed by atoms with Gasteiger partial charge in [0.05, 0.1) is 6.04 Å². The molecule has 2 aromatic rings. The molecule has 6 heteroatoms. The van der Waals surface area contributed by atoms with Crippen molar-refractivity contribution in [2.24, 2.45) is 5.92 Å². The normalized spacial score (nSPS) is 16.5. The van der Waals surface area contributed by atoms with Crippen molar-refractivity contribution < 1.29 is 19.8 Å². The quantitative estimate of drug-likeness (QED) is 0.270. The second-order valence-electron chi connectivity index (χ2n) is 8.87. The zero-order valence-corrected chi connectivity index (χ0v) is 21.3. The van der Waals surface area contributed by atoms with E-state index < -0.39 is 5.97 Å². The molecular weight excluding hydrogens is 446 g/mol. The molecule has 0 spiro atoms. The van der Waals surface area contributed by atoms with Crippen molar-refractivity contribution in [3.05, 3.63) is 69.9 Å². The summed E-state index contributed by atoms with van der Waals surface area (Å²) in [4.78, 5) is 26.8. The summed E-state index contributed by atoms with van der Waals surface area (Å²) in [7, 11) is 1.00. The van der Waals surface area contributed by atoms with Crippen LogP contribution < -0.4 is 0 Å². The summed E-state index contributed by atoms with van der Waals surface area (Å²) in [6, 6.07) is 14.5. The molecule has 2 heterocycles. The average Bonchev–Trinajstić information content (AvgIpc) is 3.46. The van der Waals surface area contributed by atoms with E-state index >= 15 is 0 Å². The van der Waals surface area contributed by atoms with Gasteiger partial charge < -0.3 is 15.1 Å². The molecule has 0 radical (unpaired) electrons. The van der Waals surface area contributed by atoms with Crippen molar-refractivity contribution >= 4 is 23.2 Å². The number of hydrogen-bond acceptors (Lipinski definition) is 4. The summed E-state index contributed by atoms with van der Waals surface area (Å²) in [6.45, 7) is 3.06. The van der Waals surface area contributed by atoms with Crippen LogP contribution in [0.5, 0.6) is 0 Å². The third-order valence-corrected chi connectivity index (χ3v) is 7.35. The van der Waals surface area contributed by atoms with Gasteiger partial charge in [-0.1, -0.05) is 62.2 Å². The third kappa shape index (κ3) is 9.43. The topological polar surface area (TPSA) is 77.8 Å². The summed E-state index contributed by atoms with van der Waals surface area (Å²) in [6.07, 6.45) is 13.7. The summed E-state index contributed by atoms with van der Waals surface area (Å²) < 4.78 is 0. The maximum atomic E-state index is 12.3. The molecule has 1 saturated heterocycles. The minimum absolute atomic E-state index is 0.214. The van der Waals surface area contributed by atoms with Crippen molar-refractivity contribution in [1.29, 1.82) is 0 Å². The Morgan fingerprint density at radius 3 is 2.59 bits per heavy atom. The lowest BCUT2D eigenvalue weighted by Crippen LogP contribution is -2.32. The van der Waals surface area contributed by atoms with Crippen molar-refractivity contribution in [2.75, 3.05) is 13.7 Å². The van der Waals surface area contributed by atoms with Gasteiger partial charge in [-0.25, -0.2) is 4.79 Å². The van der Waals surface area contributed by atoms with Crippen LogP contribution in [0.15, 0.2) is 54.6 Å². The van der Waals surface area contributed by atoms with Gasteiger partial charge in [-0.15, -0.1) is 11.3 Å². The Bertz CT molecular complexity index is 893. The number of aliphatic hydroxyl groups is 1. The van der Waals surface area contributed by atoms with Crippen LogP contribution in [0.2, 0.25) is 0 Å². The fourth-order valence-corrected chi connectivity index (χ4v) is 5.24. The molecular formula is C28H39NO4S. The van der Waals surface area contributed by atoms with E-state index in [0.717, 1.165) is 50.6 Å². The molecule has 2 unspecified atom stereocenters. The number of carbonyl (C=O) groups excluding carboxylic acids is 1. The largest absolute Gasteiger partial charge is 0.477 e. The van der Waals surface area contributed by atoms with Gasteiger partial charge >= 0.3 is 5.97 Å². The Balaban J connectivity index is 0.00000199. The Hall–Kier alpha value is -2.44. The molecule has 0 saturated carbocycles. The zero-order valence-electron chi connectivity index (χ0n) is 20.5. The lowest BCUT2D eigenvalue weighted by atomic mass is 9.98. The molecule has 186 valence electrons. The lowest BCUT2D eigenvalue weighted by Gasteiger charge is -2.22. The van der Waals surface area contributed by atoms with Crippen LogP contribution in [0.4, 0.5) is 0 Å². The van der Waals surface area contributed by atoms with Gasteiger partial charge in [-0.3, -0.25) is 4.79 Å². The van der Waals surface area contributed by atoms with Crippen LogP contribution in [-0.2, 0) is 17.6 Å². The summed E-state index contributed by atoms with van der Waals surface area (Å²) in [5, 5.41) is 16.0. The molecule has 3 rings (SSSR count). The number of hydrogen-bond donors (Lipinski definition) is 2. The number of carboxylic acid groups (broad SMARTS) is 1. The highest BCUT2D eigenvalue weighted by Gasteiger charge is 2.28. The minimum atomic E-state index is -0.869. The molecule has 2 N–H and O–H groups in total. The fraction of sp³-hybridized carbons (Fsp3) is 0.500. The number of aromatic carboxylic acids is 1. The van der Waals surface area contributed by atoms with Gasteiger partial charge in [0, 0.05) is 25.0 Å². The van der Waals surface area contributed by atoms with Crippen LogP contribution in [0.3, 0.4) is 0 Å². The van der Waals surface area contributed by atoms with Gasteiger partial charge in [0.1, 0.15) is 4.88 Å². The Morgan fingerprint density at radius 1 is 1.12 bits per heavy atom. The minimum Gasteiger partial charge on any atom is -0.477 e. The van der Waals surface area contributed by atoms with Gasteiger partial charge in [0.2, 0.25) is 5.91 Å². The number of carboxylic acids is 1.